The van der Waals surface area contributed by atoms with Crippen LogP contribution in [0.4, 0.5) is 0 Å². The van der Waals surface area contributed by atoms with Crippen LogP contribution in [-0.2, 0) is 11.3 Å². The molecule has 0 radical (unpaired) electrons. The molecule has 0 spiro atoms. The highest BCUT2D eigenvalue weighted by Gasteiger charge is 2.09. The number of methoxy groups -OCH3 is 1. The second kappa shape index (κ2) is 8.61. The lowest BCUT2D eigenvalue weighted by atomic mass is 10.3. The van der Waals surface area contributed by atoms with Gasteiger partial charge < -0.3 is 19.4 Å². The molecule has 0 fully saturated rings. The predicted octanol–water partition coefficient (Wildman–Crippen LogP) is 1.54. The van der Waals surface area contributed by atoms with Crippen molar-refractivity contribution in [2.75, 3.05) is 20.3 Å². The standard InChI is InChI=1S/C18H19N5O3/c1-25-14-5-2-3-6-15(14)26-13-16(24)19-9-11-23-12-10-22-18(23)17-20-7-4-8-21-17/h2-8,10,12H,9,11,13H2,1H3,(H,19,24). The molecular formula is C18H19N5O3. The van der Waals surface area contributed by atoms with Gasteiger partial charge in [-0.25, -0.2) is 15.0 Å². The normalized spacial score (nSPS) is 10.3. The van der Waals surface area contributed by atoms with E-state index < -0.39 is 0 Å². The molecule has 0 aliphatic heterocycles. The Morgan fingerprint density at radius 1 is 1.08 bits per heavy atom. The number of aromatic nitrogens is 4. The maximum atomic E-state index is 12.0. The van der Waals surface area contributed by atoms with E-state index in [1.165, 1.54) is 0 Å². The molecule has 134 valence electrons. The van der Waals surface area contributed by atoms with E-state index in [9.17, 15) is 4.79 Å². The van der Waals surface area contributed by atoms with Gasteiger partial charge in [-0.15, -0.1) is 0 Å². The number of hydrogen-bond donors (Lipinski definition) is 1. The minimum atomic E-state index is -0.214. The largest absolute Gasteiger partial charge is 0.493 e. The van der Waals surface area contributed by atoms with Crippen molar-refractivity contribution in [2.24, 2.45) is 0 Å². The Bertz CT molecular complexity index is 851. The van der Waals surface area contributed by atoms with Crippen LogP contribution in [0.5, 0.6) is 11.5 Å². The highest BCUT2D eigenvalue weighted by molar-refractivity contribution is 5.77. The molecule has 1 amide bonds. The van der Waals surface area contributed by atoms with Crippen molar-refractivity contribution in [3.05, 3.63) is 55.1 Å². The summed E-state index contributed by atoms with van der Waals surface area (Å²) in [6.45, 7) is 0.900. The highest BCUT2D eigenvalue weighted by Crippen LogP contribution is 2.25. The highest BCUT2D eigenvalue weighted by atomic mass is 16.5. The molecule has 0 aliphatic rings. The van der Waals surface area contributed by atoms with Crippen LogP contribution in [0.2, 0.25) is 0 Å². The first-order valence-electron chi connectivity index (χ1n) is 8.09. The molecule has 0 bridgehead atoms. The number of benzene rings is 1. The van der Waals surface area contributed by atoms with Crippen LogP contribution in [0.15, 0.2) is 55.1 Å². The summed E-state index contributed by atoms with van der Waals surface area (Å²) in [7, 11) is 1.56. The number of ether oxygens (including phenoxy) is 2. The van der Waals surface area contributed by atoms with E-state index in [1.807, 2.05) is 22.9 Å². The quantitative estimate of drug-likeness (QED) is 0.661. The van der Waals surface area contributed by atoms with E-state index >= 15 is 0 Å². The van der Waals surface area contributed by atoms with Crippen molar-refractivity contribution in [3.8, 4) is 23.1 Å². The molecule has 1 N–H and O–H groups in total. The number of nitrogens with zero attached hydrogens (tertiary/aromatic N) is 4. The summed E-state index contributed by atoms with van der Waals surface area (Å²) < 4.78 is 12.6. The average molecular weight is 353 g/mol. The van der Waals surface area contributed by atoms with Crippen LogP contribution in [0.3, 0.4) is 0 Å². The van der Waals surface area contributed by atoms with Gasteiger partial charge in [-0.2, -0.15) is 0 Å². The first-order chi connectivity index (χ1) is 12.8. The van der Waals surface area contributed by atoms with Crippen LogP contribution in [0.1, 0.15) is 0 Å². The predicted molar refractivity (Wildman–Crippen MR) is 94.8 cm³/mol. The number of carbonyl (C=O) groups excluding carboxylic acids is 1. The first-order valence-corrected chi connectivity index (χ1v) is 8.09. The fourth-order valence-electron chi connectivity index (χ4n) is 2.36. The lowest BCUT2D eigenvalue weighted by molar-refractivity contribution is -0.123. The molecule has 3 rings (SSSR count). The Balaban J connectivity index is 1.48. The molecule has 0 aliphatic carbocycles. The maximum Gasteiger partial charge on any atom is 0.258 e. The zero-order valence-electron chi connectivity index (χ0n) is 14.3. The first kappa shape index (κ1) is 17.4. The summed E-state index contributed by atoms with van der Waals surface area (Å²) in [5.41, 5.74) is 0. The number of amides is 1. The fraction of sp³-hybridized carbons (Fsp3) is 0.222. The summed E-state index contributed by atoms with van der Waals surface area (Å²) in [4.78, 5) is 24.6. The number of imidazole rings is 1. The van der Waals surface area contributed by atoms with Crippen LogP contribution >= 0.6 is 0 Å². The second-order valence-corrected chi connectivity index (χ2v) is 5.31. The third-order valence-electron chi connectivity index (χ3n) is 3.58. The molecule has 2 heterocycles. The number of para-hydroxylation sites is 2. The Labute approximate surface area is 150 Å². The van der Waals surface area contributed by atoms with Gasteiger partial charge in [-0.1, -0.05) is 12.1 Å². The van der Waals surface area contributed by atoms with Crippen molar-refractivity contribution in [1.29, 1.82) is 0 Å². The van der Waals surface area contributed by atoms with Crippen LogP contribution in [0.25, 0.3) is 11.6 Å². The SMILES string of the molecule is COc1ccccc1OCC(=O)NCCn1ccnc1-c1ncccn1. The minimum Gasteiger partial charge on any atom is -0.493 e. The van der Waals surface area contributed by atoms with Gasteiger partial charge in [0.1, 0.15) is 0 Å². The molecule has 0 atom stereocenters. The summed E-state index contributed by atoms with van der Waals surface area (Å²) in [5.74, 6) is 2.11. The monoisotopic (exact) mass is 353 g/mol. The summed E-state index contributed by atoms with van der Waals surface area (Å²) >= 11 is 0. The maximum absolute atomic E-state index is 12.0. The molecular weight excluding hydrogens is 334 g/mol. The number of rotatable bonds is 8. The Kier molecular flexibility index (Phi) is 5.76. The Hall–Kier alpha value is -3.42. The molecule has 3 aromatic rings. The molecule has 8 nitrogen and oxygen atoms in total. The van der Waals surface area contributed by atoms with Gasteiger partial charge in [0, 0.05) is 37.9 Å². The van der Waals surface area contributed by atoms with E-state index in [1.54, 1.807) is 43.9 Å². The van der Waals surface area contributed by atoms with E-state index in [4.69, 9.17) is 9.47 Å². The zero-order chi connectivity index (χ0) is 18.2. The number of carbonyl (C=O) groups is 1. The zero-order valence-corrected chi connectivity index (χ0v) is 14.3. The lowest BCUT2D eigenvalue weighted by Crippen LogP contribution is -2.31. The molecule has 26 heavy (non-hydrogen) atoms. The Morgan fingerprint density at radius 2 is 1.85 bits per heavy atom. The summed E-state index contributed by atoms with van der Waals surface area (Å²) in [6.07, 6.45) is 6.83. The van der Waals surface area contributed by atoms with Crippen molar-refractivity contribution < 1.29 is 14.3 Å². The van der Waals surface area contributed by atoms with Crippen LogP contribution in [-0.4, -0.2) is 45.7 Å². The van der Waals surface area contributed by atoms with Crippen molar-refractivity contribution in [1.82, 2.24) is 24.8 Å². The Morgan fingerprint density at radius 3 is 2.62 bits per heavy atom. The van der Waals surface area contributed by atoms with Gasteiger partial charge in [0.2, 0.25) is 0 Å². The van der Waals surface area contributed by atoms with Crippen molar-refractivity contribution in [2.45, 2.75) is 6.54 Å². The number of hydrogen-bond acceptors (Lipinski definition) is 6. The van der Waals surface area contributed by atoms with Gasteiger partial charge in [-0.3, -0.25) is 4.79 Å². The van der Waals surface area contributed by atoms with E-state index in [2.05, 4.69) is 20.3 Å². The van der Waals surface area contributed by atoms with Gasteiger partial charge in [0.25, 0.3) is 5.91 Å². The fourth-order valence-corrected chi connectivity index (χ4v) is 2.36. The molecule has 8 heteroatoms. The summed E-state index contributed by atoms with van der Waals surface area (Å²) in [6, 6.07) is 8.94. The molecule has 2 aromatic heterocycles. The molecule has 0 saturated heterocycles. The van der Waals surface area contributed by atoms with Gasteiger partial charge in [0.15, 0.2) is 29.8 Å². The van der Waals surface area contributed by atoms with Gasteiger partial charge >= 0.3 is 0 Å². The molecule has 0 unspecified atom stereocenters. The van der Waals surface area contributed by atoms with Crippen molar-refractivity contribution >= 4 is 5.91 Å². The average Bonchev–Trinajstić information content (AvgIpc) is 3.16. The third kappa shape index (κ3) is 4.35. The smallest absolute Gasteiger partial charge is 0.258 e. The third-order valence-corrected chi connectivity index (χ3v) is 3.58. The molecule has 1 aromatic carbocycles. The minimum absolute atomic E-state index is 0.0844. The van der Waals surface area contributed by atoms with E-state index in [-0.39, 0.29) is 12.5 Å². The van der Waals surface area contributed by atoms with Crippen LogP contribution < -0.4 is 14.8 Å². The second-order valence-electron chi connectivity index (χ2n) is 5.31. The topological polar surface area (TPSA) is 91.2 Å². The van der Waals surface area contributed by atoms with E-state index in [0.29, 0.717) is 36.2 Å². The lowest BCUT2D eigenvalue weighted by Gasteiger charge is -2.11. The van der Waals surface area contributed by atoms with Crippen molar-refractivity contribution in [3.63, 3.8) is 0 Å². The van der Waals surface area contributed by atoms with Gasteiger partial charge in [-0.05, 0) is 18.2 Å². The number of nitrogens with one attached hydrogen (secondary N) is 1. The van der Waals surface area contributed by atoms with Gasteiger partial charge in [0.05, 0.1) is 7.11 Å². The van der Waals surface area contributed by atoms with E-state index in [0.717, 1.165) is 0 Å². The summed E-state index contributed by atoms with van der Waals surface area (Å²) in [5, 5.41) is 2.81. The molecule has 0 saturated carbocycles. The van der Waals surface area contributed by atoms with Crippen LogP contribution in [0, 0.1) is 0 Å².